The SMILES string of the molecule is C[Si]1(C)c2ccccc2-c2ccc3c(c21)c1ccccc1n3-c1cccc(-c2cccc(-c3cccnc3C#N)c2)c1. The molecule has 0 aliphatic carbocycles. The van der Waals surface area contributed by atoms with Gasteiger partial charge in [0.2, 0.25) is 0 Å². The van der Waals surface area contributed by atoms with Gasteiger partial charge >= 0.3 is 0 Å². The molecule has 3 nitrogen and oxygen atoms in total. The fourth-order valence-corrected chi connectivity index (χ4v) is 10.5. The van der Waals surface area contributed by atoms with Gasteiger partial charge in [0.25, 0.3) is 0 Å². The second-order valence-corrected chi connectivity index (χ2v) is 15.8. The van der Waals surface area contributed by atoms with Crippen molar-refractivity contribution in [2.24, 2.45) is 0 Å². The molecule has 5 aromatic carbocycles. The van der Waals surface area contributed by atoms with E-state index in [0.29, 0.717) is 5.69 Å². The predicted molar refractivity (Wildman–Crippen MR) is 176 cm³/mol. The summed E-state index contributed by atoms with van der Waals surface area (Å²) in [5, 5.41) is 15.4. The Bertz CT molecular complexity index is 2250. The van der Waals surface area contributed by atoms with Crippen LogP contribution in [0.2, 0.25) is 13.1 Å². The molecule has 0 spiro atoms. The van der Waals surface area contributed by atoms with Gasteiger partial charge in [-0.25, -0.2) is 4.98 Å². The summed E-state index contributed by atoms with van der Waals surface area (Å²) >= 11 is 0. The summed E-state index contributed by atoms with van der Waals surface area (Å²) < 4.78 is 2.43. The van der Waals surface area contributed by atoms with Gasteiger partial charge in [0, 0.05) is 28.2 Å². The van der Waals surface area contributed by atoms with Crippen LogP contribution in [-0.4, -0.2) is 17.6 Å². The zero-order valence-electron chi connectivity index (χ0n) is 23.5. The third-order valence-electron chi connectivity index (χ3n) is 8.88. The smallest absolute Gasteiger partial charge is 0.148 e. The Morgan fingerprint density at radius 1 is 0.643 bits per heavy atom. The van der Waals surface area contributed by atoms with E-state index in [2.05, 4.69) is 132 Å². The number of hydrogen-bond acceptors (Lipinski definition) is 2. The largest absolute Gasteiger partial charge is 0.309 e. The molecule has 3 heterocycles. The van der Waals surface area contributed by atoms with Crippen LogP contribution in [0, 0.1) is 11.3 Å². The van der Waals surface area contributed by atoms with Gasteiger partial charge in [0.1, 0.15) is 19.8 Å². The van der Waals surface area contributed by atoms with Gasteiger partial charge in [-0.05, 0) is 80.7 Å². The van der Waals surface area contributed by atoms with E-state index in [-0.39, 0.29) is 0 Å². The Balaban J connectivity index is 1.34. The number of benzene rings is 5. The Morgan fingerprint density at radius 3 is 2.26 bits per heavy atom. The maximum absolute atomic E-state index is 9.61. The molecule has 42 heavy (non-hydrogen) atoms. The van der Waals surface area contributed by atoms with E-state index < -0.39 is 8.07 Å². The molecule has 0 atom stereocenters. The maximum atomic E-state index is 9.61. The standard InChI is InChI=1S/C38H27N3Si/c1-42(2)36-18-6-4-14-30(36)31-19-20-35-37(38(31)42)32-15-3-5-17-34(32)41(35)28-13-8-11-26(23-28)25-10-7-12-27(22-25)29-16-9-21-40-33(29)24-39/h3-23H,1-2H3. The van der Waals surface area contributed by atoms with E-state index in [1.54, 1.807) is 11.4 Å². The summed E-state index contributed by atoms with van der Waals surface area (Å²) in [6, 6.07) is 45.8. The van der Waals surface area contributed by atoms with Crippen molar-refractivity contribution in [2.45, 2.75) is 13.1 Å². The minimum Gasteiger partial charge on any atom is -0.309 e. The third-order valence-corrected chi connectivity index (χ3v) is 12.4. The fourth-order valence-electron chi connectivity index (χ4n) is 7.03. The summed E-state index contributed by atoms with van der Waals surface area (Å²) in [4.78, 5) is 4.27. The summed E-state index contributed by atoms with van der Waals surface area (Å²) in [5.74, 6) is 0. The molecule has 4 heteroatoms. The molecular weight excluding hydrogens is 527 g/mol. The number of para-hydroxylation sites is 1. The lowest BCUT2D eigenvalue weighted by Gasteiger charge is -2.20. The Labute approximate surface area is 246 Å². The molecule has 7 aromatic rings. The van der Waals surface area contributed by atoms with Crippen LogP contribution < -0.4 is 10.4 Å². The summed E-state index contributed by atoms with van der Waals surface area (Å²) in [6.45, 7) is 4.99. The van der Waals surface area contributed by atoms with Gasteiger partial charge in [0.05, 0.1) is 11.0 Å². The monoisotopic (exact) mass is 553 g/mol. The van der Waals surface area contributed by atoms with Crippen molar-refractivity contribution >= 4 is 40.3 Å². The highest BCUT2D eigenvalue weighted by molar-refractivity contribution is 7.05. The number of pyridine rings is 1. The van der Waals surface area contributed by atoms with Gasteiger partial charge in [-0.3, -0.25) is 0 Å². The average molecular weight is 554 g/mol. The van der Waals surface area contributed by atoms with E-state index >= 15 is 0 Å². The van der Waals surface area contributed by atoms with Crippen LogP contribution >= 0.6 is 0 Å². The Morgan fingerprint density at radius 2 is 1.38 bits per heavy atom. The van der Waals surface area contributed by atoms with Crippen molar-refractivity contribution < 1.29 is 0 Å². The molecule has 1 aliphatic heterocycles. The second-order valence-electron chi connectivity index (χ2n) is 11.5. The molecule has 0 saturated heterocycles. The first-order valence-corrected chi connectivity index (χ1v) is 17.3. The summed E-state index contributed by atoms with van der Waals surface area (Å²) in [6.07, 6.45) is 1.67. The lowest BCUT2D eigenvalue weighted by atomic mass is 9.98. The highest BCUT2D eigenvalue weighted by atomic mass is 28.3. The first-order valence-electron chi connectivity index (χ1n) is 14.3. The van der Waals surface area contributed by atoms with E-state index in [9.17, 15) is 5.26 Å². The molecule has 0 N–H and O–H groups in total. The number of rotatable bonds is 3. The zero-order valence-corrected chi connectivity index (χ0v) is 24.5. The Kier molecular flexibility index (Phi) is 5.34. The molecular formula is C38H27N3Si. The molecule has 0 amide bonds. The van der Waals surface area contributed by atoms with Gasteiger partial charge < -0.3 is 4.57 Å². The van der Waals surface area contributed by atoms with E-state index in [0.717, 1.165) is 27.9 Å². The Hall–Kier alpha value is -5.24. The van der Waals surface area contributed by atoms with Crippen molar-refractivity contribution in [3.63, 3.8) is 0 Å². The second kappa shape index (κ2) is 9.14. The van der Waals surface area contributed by atoms with Crippen LogP contribution in [0.5, 0.6) is 0 Å². The molecule has 0 radical (unpaired) electrons. The minimum absolute atomic E-state index is 0.440. The first-order chi connectivity index (χ1) is 20.6. The van der Waals surface area contributed by atoms with Gasteiger partial charge in [0.15, 0.2) is 0 Å². The summed E-state index contributed by atoms with van der Waals surface area (Å²) in [5.41, 5.74) is 10.9. The molecule has 0 fully saturated rings. The summed E-state index contributed by atoms with van der Waals surface area (Å²) in [7, 11) is -1.90. The molecule has 198 valence electrons. The van der Waals surface area contributed by atoms with Crippen LogP contribution in [-0.2, 0) is 0 Å². The number of aromatic nitrogens is 2. The molecule has 0 saturated carbocycles. The fraction of sp³-hybridized carbons (Fsp3) is 0.0526. The number of hydrogen-bond donors (Lipinski definition) is 0. The molecule has 0 bridgehead atoms. The topological polar surface area (TPSA) is 41.6 Å². The predicted octanol–water partition coefficient (Wildman–Crippen LogP) is 8.19. The van der Waals surface area contributed by atoms with Crippen LogP contribution in [0.1, 0.15) is 5.69 Å². The number of nitriles is 1. The van der Waals surface area contributed by atoms with Crippen LogP contribution in [0.3, 0.4) is 0 Å². The van der Waals surface area contributed by atoms with Crippen molar-refractivity contribution in [3.8, 4) is 45.1 Å². The van der Waals surface area contributed by atoms with Crippen molar-refractivity contribution in [1.29, 1.82) is 5.26 Å². The molecule has 1 aliphatic rings. The third kappa shape index (κ3) is 3.48. The lowest BCUT2D eigenvalue weighted by Crippen LogP contribution is -2.49. The molecule has 0 unspecified atom stereocenters. The van der Waals surface area contributed by atoms with E-state index in [1.165, 1.54) is 38.1 Å². The zero-order chi connectivity index (χ0) is 28.4. The first kappa shape index (κ1) is 24.5. The molecule has 2 aromatic heterocycles. The lowest BCUT2D eigenvalue weighted by molar-refractivity contribution is 1.18. The van der Waals surface area contributed by atoms with Crippen LogP contribution in [0.15, 0.2) is 128 Å². The van der Waals surface area contributed by atoms with Crippen molar-refractivity contribution in [2.75, 3.05) is 0 Å². The highest BCUT2D eigenvalue weighted by Crippen LogP contribution is 2.39. The number of nitrogens with zero attached hydrogens (tertiary/aromatic N) is 3. The van der Waals surface area contributed by atoms with Crippen molar-refractivity contribution in [1.82, 2.24) is 9.55 Å². The van der Waals surface area contributed by atoms with Crippen LogP contribution in [0.4, 0.5) is 0 Å². The minimum atomic E-state index is -1.90. The normalized spacial score (nSPS) is 13.2. The van der Waals surface area contributed by atoms with Gasteiger partial charge in [-0.2, -0.15) is 5.26 Å². The number of fused-ring (bicyclic) bond motifs is 7. The highest BCUT2D eigenvalue weighted by Gasteiger charge is 2.39. The maximum Gasteiger partial charge on any atom is 0.148 e. The van der Waals surface area contributed by atoms with Crippen molar-refractivity contribution in [3.05, 3.63) is 133 Å². The molecule has 8 rings (SSSR count). The van der Waals surface area contributed by atoms with Crippen LogP contribution in [0.25, 0.3) is 60.9 Å². The average Bonchev–Trinajstić information content (AvgIpc) is 3.50. The van der Waals surface area contributed by atoms with E-state index in [4.69, 9.17) is 0 Å². The van der Waals surface area contributed by atoms with E-state index in [1.807, 2.05) is 18.2 Å². The van der Waals surface area contributed by atoms with Gasteiger partial charge in [-0.1, -0.05) is 92.0 Å². The quantitative estimate of drug-likeness (QED) is 0.207. The van der Waals surface area contributed by atoms with Gasteiger partial charge in [-0.15, -0.1) is 0 Å².